The molecular formula is C15H25N3O2. The van der Waals surface area contributed by atoms with E-state index in [1.54, 1.807) is 0 Å². The average Bonchev–Trinajstić information content (AvgIpc) is 2.86. The highest BCUT2D eigenvalue weighted by Gasteiger charge is 2.38. The molecule has 1 heterocycles. The van der Waals surface area contributed by atoms with Crippen molar-refractivity contribution in [1.29, 1.82) is 0 Å². The van der Waals surface area contributed by atoms with Gasteiger partial charge in [-0.1, -0.05) is 19.3 Å². The summed E-state index contributed by atoms with van der Waals surface area (Å²) in [6, 6.07) is 0. The highest BCUT2D eigenvalue weighted by atomic mass is 16.4. The molecule has 1 aromatic rings. The predicted molar refractivity (Wildman–Crippen MR) is 77.4 cm³/mol. The molecule has 1 N–H and O–H groups in total. The first kappa shape index (κ1) is 15.0. The number of aliphatic carboxylic acids is 1. The maximum absolute atomic E-state index is 11.2. The molecule has 2 rings (SSSR count). The third kappa shape index (κ3) is 3.39. The summed E-state index contributed by atoms with van der Waals surface area (Å²) in [5.41, 5.74) is 0.975. The van der Waals surface area contributed by atoms with Gasteiger partial charge in [0, 0.05) is 30.4 Å². The zero-order valence-electron chi connectivity index (χ0n) is 12.5. The molecule has 20 heavy (non-hydrogen) atoms. The molecule has 112 valence electrons. The Balaban J connectivity index is 2.09. The molecule has 1 aliphatic rings. The smallest absolute Gasteiger partial charge is 0.305 e. The third-order valence-electron chi connectivity index (χ3n) is 4.50. The number of carboxylic acid groups (broad SMARTS) is 1. The van der Waals surface area contributed by atoms with Crippen LogP contribution in [0.25, 0.3) is 0 Å². The zero-order valence-corrected chi connectivity index (χ0v) is 12.5. The van der Waals surface area contributed by atoms with Crippen molar-refractivity contribution in [1.82, 2.24) is 14.7 Å². The van der Waals surface area contributed by atoms with Crippen LogP contribution in [-0.2, 0) is 17.9 Å². The van der Waals surface area contributed by atoms with Gasteiger partial charge < -0.3 is 5.11 Å². The van der Waals surface area contributed by atoms with Crippen molar-refractivity contribution in [2.75, 3.05) is 7.05 Å². The summed E-state index contributed by atoms with van der Waals surface area (Å²) in [7, 11) is 2.05. The highest BCUT2D eigenvalue weighted by molar-refractivity contribution is 5.68. The lowest BCUT2D eigenvalue weighted by atomic mass is 9.78. The van der Waals surface area contributed by atoms with Crippen molar-refractivity contribution in [2.45, 2.75) is 64.1 Å². The first-order chi connectivity index (χ1) is 9.55. The Kier molecular flexibility index (Phi) is 4.81. The Hall–Kier alpha value is -1.36. The molecule has 0 radical (unpaired) electrons. The minimum atomic E-state index is -0.692. The van der Waals surface area contributed by atoms with E-state index in [1.165, 1.54) is 6.42 Å². The SMILES string of the molecule is CCn1cc(CN(C)C2(CC(=O)O)CCCCC2)cn1. The van der Waals surface area contributed by atoms with Crippen LogP contribution in [0, 0.1) is 0 Å². The second-order valence-corrected chi connectivity index (χ2v) is 5.92. The van der Waals surface area contributed by atoms with Crippen molar-refractivity contribution < 1.29 is 9.90 Å². The van der Waals surface area contributed by atoms with Gasteiger partial charge in [0.1, 0.15) is 0 Å². The maximum Gasteiger partial charge on any atom is 0.305 e. The molecule has 0 saturated heterocycles. The van der Waals surface area contributed by atoms with E-state index < -0.39 is 5.97 Å². The zero-order chi connectivity index (χ0) is 14.6. The molecule has 1 saturated carbocycles. The molecular weight excluding hydrogens is 254 g/mol. The fraction of sp³-hybridized carbons (Fsp3) is 0.733. The molecule has 0 aliphatic heterocycles. The van der Waals surface area contributed by atoms with E-state index in [2.05, 4.69) is 24.0 Å². The summed E-state index contributed by atoms with van der Waals surface area (Å²) in [6.45, 7) is 3.70. The van der Waals surface area contributed by atoms with Gasteiger partial charge in [0.15, 0.2) is 0 Å². The van der Waals surface area contributed by atoms with Crippen LogP contribution in [0.3, 0.4) is 0 Å². The molecule has 0 amide bonds. The molecule has 1 aliphatic carbocycles. The molecule has 1 aromatic heterocycles. The van der Waals surface area contributed by atoms with Gasteiger partial charge in [0.25, 0.3) is 0 Å². The van der Waals surface area contributed by atoms with Crippen molar-refractivity contribution in [3.05, 3.63) is 18.0 Å². The second-order valence-electron chi connectivity index (χ2n) is 5.92. The summed E-state index contributed by atoms with van der Waals surface area (Å²) < 4.78 is 1.91. The van der Waals surface area contributed by atoms with Crippen LogP contribution < -0.4 is 0 Å². The predicted octanol–water partition coefficient (Wildman–Crippen LogP) is 2.51. The summed E-state index contributed by atoms with van der Waals surface area (Å²) >= 11 is 0. The van der Waals surface area contributed by atoms with Gasteiger partial charge in [0.2, 0.25) is 0 Å². The van der Waals surface area contributed by atoms with Crippen LogP contribution in [0.4, 0.5) is 0 Å². The molecule has 1 fully saturated rings. The van der Waals surface area contributed by atoms with E-state index in [0.717, 1.165) is 44.3 Å². The van der Waals surface area contributed by atoms with E-state index in [1.807, 2.05) is 17.1 Å². The average molecular weight is 279 g/mol. The lowest BCUT2D eigenvalue weighted by Gasteiger charge is -2.43. The first-order valence-electron chi connectivity index (χ1n) is 7.50. The van der Waals surface area contributed by atoms with E-state index >= 15 is 0 Å². The molecule has 0 aromatic carbocycles. The molecule has 0 spiro atoms. The van der Waals surface area contributed by atoms with Crippen LogP contribution in [0.1, 0.15) is 51.0 Å². The fourth-order valence-electron chi connectivity index (χ4n) is 3.29. The number of carbonyl (C=O) groups is 1. The van der Waals surface area contributed by atoms with E-state index in [9.17, 15) is 9.90 Å². The number of carboxylic acids is 1. The van der Waals surface area contributed by atoms with Crippen LogP contribution in [0.2, 0.25) is 0 Å². The van der Waals surface area contributed by atoms with E-state index in [4.69, 9.17) is 0 Å². The molecule has 0 unspecified atom stereocenters. The number of rotatable bonds is 6. The highest BCUT2D eigenvalue weighted by Crippen LogP contribution is 2.36. The Labute approximate surface area is 120 Å². The van der Waals surface area contributed by atoms with Gasteiger partial charge in [-0.2, -0.15) is 5.10 Å². The van der Waals surface area contributed by atoms with Crippen LogP contribution in [-0.4, -0.2) is 38.3 Å². The fourth-order valence-corrected chi connectivity index (χ4v) is 3.29. The van der Waals surface area contributed by atoms with Gasteiger partial charge in [-0.3, -0.25) is 14.4 Å². The Morgan fingerprint density at radius 3 is 2.70 bits per heavy atom. The quantitative estimate of drug-likeness (QED) is 0.869. The van der Waals surface area contributed by atoms with Crippen LogP contribution >= 0.6 is 0 Å². The summed E-state index contributed by atoms with van der Waals surface area (Å²) in [5.74, 6) is -0.692. The maximum atomic E-state index is 11.2. The monoisotopic (exact) mass is 279 g/mol. The standard InChI is InChI=1S/C15H25N3O2/c1-3-18-12-13(10-16-18)11-17(2)15(9-14(19)20)7-5-4-6-8-15/h10,12H,3-9,11H2,1-2H3,(H,19,20). The van der Waals surface area contributed by atoms with E-state index in [-0.39, 0.29) is 12.0 Å². The number of hydrogen-bond acceptors (Lipinski definition) is 3. The number of hydrogen-bond donors (Lipinski definition) is 1. The van der Waals surface area contributed by atoms with Gasteiger partial charge >= 0.3 is 5.97 Å². The van der Waals surface area contributed by atoms with Crippen molar-refractivity contribution in [3.63, 3.8) is 0 Å². The topological polar surface area (TPSA) is 58.4 Å². The number of aromatic nitrogens is 2. The van der Waals surface area contributed by atoms with Crippen LogP contribution in [0.15, 0.2) is 12.4 Å². The molecule has 5 heteroatoms. The normalized spacial score (nSPS) is 18.4. The number of nitrogens with zero attached hydrogens (tertiary/aromatic N) is 3. The summed E-state index contributed by atoms with van der Waals surface area (Å²) in [4.78, 5) is 13.5. The molecule has 0 bridgehead atoms. The van der Waals surface area contributed by atoms with Crippen molar-refractivity contribution in [2.24, 2.45) is 0 Å². The summed E-state index contributed by atoms with van der Waals surface area (Å²) in [6.07, 6.45) is 9.63. The largest absolute Gasteiger partial charge is 0.481 e. The molecule has 5 nitrogen and oxygen atoms in total. The minimum Gasteiger partial charge on any atom is -0.481 e. The number of aryl methyl sites for hydroxylation is 1. The summed E-state index contributed by atoms with van der Waals surface area (Å²) in [5, 5.41) is 13.5. The van der Waals surface area contributed by atoms with Crippen molar-refractivity contribution in [3.8, 4) is 0 Å². The third-order valence-corrected chi connectivity index (χ3v) is 4.50. The Morgan fingerprint density at radius 2 is 2.15 bits per heavy atom. The second kappa shape index (κ2) is 6.39. The Bertz CT molecular complexity index is 450. The Morgan fingerprint density at radius 1 is 1.45 bits per heavy atom. The van der Waals surface area contributed by atoms with Crippen LogP contribution in [0.5, 0.6) is 0 Å². The lowest BCUT2D eigenvalue weighted by Crippen LogP contribution is -2.48. The van der Waals surface area contributed by atoms with E-state index in [0.29, 0.717) is 0 Å². The van der Waals surface area contributed by atoms with Gasteiger partial charge in [-0.05, 0) is 26.8 Å². The van der Waals surface area contributed by atoms with Crippen molar-refractivity contribution >= 4 is 5.97 Å². The minimum absolute atomic E-state index is 0.182. The van der Waals surface area contributed by atoms with Gasteiger partial charge in [-0.25, -0.2) is 0 Å². The van der Waals surface area contributed by atoms with Gasteiger partial charge in [0.05, 0.1) is 12.6 Å². The molecule has 0 atom stereocenters. The lowest BCUT2D eigenvalue weighted by molar-refractivity contribution is -0.141. The van der Waals surface area contributed by atoms with Gasteiger partial charge in [-0.15, -0.1) is 0 Å². The first-order valence-corrected chi connectivity index (χ1v) is 7.50.